The maximum atomic E-state index is 14.6. The second kappa shape index (κ2) is 17.3. The van der Waals surface area contributed by atoms with Gasteiger partial charge in [-0.3, -0.25) is 9.59 Å². The van der Waals surface area contributed by atoms with E-state index in [0.717, 1.165) is 16.5 Å². The Labute approximate surface area is 382 Å². The van der Waals surface area contributed by atoms with Gasteiger partial charge in [0.2, 0.25) is 24.0 Å². The van der Waals surface area contributed by atoms with Gasteiger partial charge in [-0.05, 0) is 41.2 Å². The summed E-state index contributed by atoms with van der Waals surface area (Å²) in [4.78, 5) is 54.5. The van der Waals surface area contributed by atoms with E-state index >= 15 is 0 Å². The van der Waals surface area contributed by atoms with Gasteiger partial charge in [-0.1, -0.05) is 130 Å². The van der Waals surface area contributed by atoms with Crippen LogP contribution in [0.2, 0.25) is 10.3 Å². The molecule has 65 heavy (non-hydrogen) atoms. The average molecular weight is 920 g/mol. The molecule has 3 aromatic heterocycles. The molecule has 9 rings (SSSR count). The summed E-state index contributed by atoms with van der Waals surface area (Å²) in [5.74, 6) is -1.97. The molecule has 0 saturated heterocycles. The highest BCUT2D eigenvalue weighted by Gasteiger charge is 2.58. The summed E-state index contributed by atoms with van der Waals surface area (Å²) in [6, 6.07) is 24.8. The first-order valence-electron chi connectivity index (χ1n) is 21.0. The first kappa shape index (κ1) is 43.4. The van der Waals surface area contributed by atoms with Crippen molar-refractivity contribution in [3.8, 4) is 34.4 Å². The normalized spacial score (nSPS) is 19.6. The van der Waals surface area contributed by atoms with Crippen LogP contribution >= 0.6 is 23.2 Å². The van der Waals surface area contributed by atoms with E-state index in [-0.39, 0.29) is 75.3 Å². The van der Waals surface area contributed by atoms with Gasteiger partial charge in [0.1, 0.15) is 46.8 Å². The predicted octanol–water partition coefficient (Wildman–Crippen LogP) is 8.34. The van der Waals surface area contributed by atoms with Gasteiger partial charge < -0.3 is 49.5 Å². The number of phenolic OH excluding ortho intramolecular Hbond substituents is 1. The number of aromatic nitrogens is 3. The molecule has 15 nitrogen and oxygen atoms in total. The molecule has 0 spiro atoms. The number of carbonyl (C=O) groups is 3. The van der Waals surface area contributed by atoms with Crippen molar-refractivity contribution in [1.29, 1.82) is 0 Å². The summed E-state index contributed by atoms with van der Waals surface area (Å²) in [5.41, 5.74) is 1.19. The highest BCUT2D eigenvalue weighted by atomic mass is 35.5. The number of carbonyl (C=O) groups excluding carboxylic acids is 3. The van der Waals surface area contributed by atoms with Crippen LogP contribution < -0.4 is 20.7 Å². The fraction of sp³-hybridized carbons (Fsp3) is 0.271. The Balaban J connectivity index is 1.16. The molecule has 2 aliphatic heterocycles. The first-order chi connectivity index (χ1) is 31.2. The summed E-state index contributed by atoms with van der Waals surface area (Å²) in [6.45, 7) is 7.21. The van der Waals surface area contributed by atoms with E-state index in [1.165, 1.54) is 6.07 Å². The number of rotatable bonds is 10. The van der Waals surface area contributed by atoms with E-state index in [4.69, 9.17) is 46.5 Å². The number of aromatic hydroxyl groups is 1. The lowest BCUT2D eigenvalue weighted by Crippen LogP contribution is -2.56. The Morgan fingerprint density at radius 3 is 2.43 bits per heavy atom. The van der Waals surface area contributed by atoms with E-state index in [0.29, 0.717) is 16.7 Å². The SMILES string of the molecule is CC(C)[C@H](NC(=O)OCc1ccccc1)C(=O)N[C@H]1Cc2ccc3c(c2)[C@@](c2ccccc2O)(c2oc(nc2-c2nc(Cl)c(-c4c(Cl)[nH]c5ccccc45)o2)[C@H](C(C)C)NC1=O)[C@@H](O)O3. The van der Waals surface area contributed by atoms with Crippen molar-refractivity contribution in [2.45, 2.75) is 70.6 Å². The number of para-hydroxylation sites is 2. The number of oxazole rings is 2. The number of amides is 3. The number of benzene rings is 4. The number of H-pyrrole nitrogens is 1. The first-order valence-corrected chi connectivity index (χ1v) is 21.8. The number of nitrogens with zero attached hydrogens (tertiary/aromatic N) is 2. The molecule has 0 radical (unpaired) electrons. The van der Waals surface area contributed by atoms with E-state index in [1.807, 2.05) is 68.4 Å². The van der Waals surface area contributed by atoms with Crippen molar-refractivity contribution in [1.82, 2.24) is 30.9 Å². The van der Waals surface area contributed by atoms with Crippen molar-refractivity contribution in [2.75, 3.05) is 0 Å². The second-order valence-electron chi connectivity index (χ2n) is 16.8. The Morgan fingerprint density at radius 2 is 1.68 bits per heavy atom. The fourth-order valence-corrected chi connectivity index (χ4v) is 9.07. The molecule has 7 aromatic rings. The molecule has 4 bridgehead atoms. The maximum Gasteiger partial charge on any atom is 0.408 e. The number of aliphatic hydroxyl groups excluding tert-OH is 1. The van der Waals surface area contributed by atoms with Crippen molar-refractivity contribution >= 4 is 52.0 Å². The number of fused-ring (bicyclic) bond motifs is 5. The van der Waals surface area contributed by atoms with Gasteiger partial charge in [-0.25, -0.2) is 9.78 Å². The van der Waals surface area contributed by atoms with E-state index in [1.54, 1.807) is 50.2 Å². The molecule has 0 aliphatic carbocycles. The number of phenols is 1. The number of hydrogen-bond donors (Lipinski definition) is 6. The minimum Gasteiger partial charge on any atom is -0.508 e. The number of halogens is 2. The number of alkyl carbamates (subject to hydrolysis) is 1. The Bertz CT molecular complexity index is 2950. The predicted molar refractivity (Wildman–Crippen MR) is 240 cm³/mol. The van der Waals surface area contributed by atoms with E-state index in [9.17, 15) is 24.6 Å². The summed E-state index contributed by atoms with van der Waals surface area (Å²) in [5, 5.41) is 33.5. The number of hydrogen-bond acceptors (Lipinski definition) is 11. The molecule has 5 heterocycles. The zero-order valence-corrected chi connectivity index (χ0v) is 37.0. The molecule has 0 fully saturated rings. The quantitative estimate of drug-likeness (QED) is 0.0767. The lowest BCUT2D eigenvalue weighted by atomic mass is 9.71. The molecule has 2 aliphatic rings. The van der Waals surface area contributed by atoms with Gasteiger partial charge in [0.25, 0.3) is 5.89 Å². The van der Waals surface area contributed by atoms with Crippen molar-refractivity contribution in [3.05, 3.63) is 141 Å². The molecule has 5 atom stereocenters. The van der Waals surface area contributed by atoms with Crippen LogP contribution in [-0.4, -0.2) is 61.4 Å². The molecule has 0 saturated carbocycles. The van der Waals surface area contributed by atoms with E-state index < -0.39 is 53.7 Å². The van der Waals surface area contributed by atoms with Crippen molar-refractivity contribution < 1.29 is 42.9 Å². The fourth-order valence-electron chi connectivity index (χ4n) is 8.57. The number of ether oxygens (including phenoxy) is 2. The van der Waals surface area contributed by atoms with Crippen LogP contribution in [0.15, 0.2) is 106 Å². The third-order valence-corrected chi connectivity index (χ3v) is 12.4. The van der Waals surface area contributed by atoms with Gasteiger partial charge in [0.15, 0.2) is 22.4 Å². The molecule has 3 amide bonds. The Hall–Kier alpha value is -6.81. The van der Waals surface area contributed by atoms with Gasteiger partial charge in [-0.15, -0.1) is 0 Å². The molecular weight excluding hydrogens is 875 g/mol. The third-order valence-electron chi connectivity index (χ3n) is 11.8. The summed E-state index contributed by atoms with van der Waals surface area (Å²) in [7, 11) is 0. The van der Waals surface area contributed by atoms with Crippen LogP contribution in [0.25, 0.3) is 33.8 Å². The second-order valence-corrected chi connectivity index (χ2v) is 17.5. The Morgan fingerprint density at radius 1 is 0.938 bits per heavy atom. The molecule has 6 N–H and O–H groups in total. The third kappa shape index (κ3) is 7.83. The molecular formula is C48H44Cl2N6O9. The Kier molecular flexibility index (Phi) is 11.6. The van der Waals surface area contributed by atoms with Gasteiger partial charge in [-0.2, -0.15) is 4.98 Å². The highest BCUT2D eigenvalue weighted by Crippen LogP contribution is 2.56. The minimum absolute atomic E-state index is 0.00735. The summed E-state index contributed by atoms with van der Waals surface area (Å²) in [6.07, 6.45) is -2.57. The molecule has 334 valence electrons. The monoisotopic (exact) mass is 918 g/mol. The van der Waals surface area contributed by atoms with Crippen LogP contribution in [-0.2, 0) is 32.8 Å². The summed E-state index contributed by atoms with van der Waals surface area (Å²) >= 11 is 13.6. The van der Waals surface area contributed by atoms with E-state index in [2.05, 4.69) is 25.9 Å². The zero-order chi connectivity index (χ0) is 45.7. The molecule has 0 unspecified atom stereocenters. The average Bonchev–Trinajstić information content (AvgIpc) is 4.04. The zero-order valence-electron chi connectivity index (χ0n) is 35.5. The van der Waals surface area contributed by atoms with Crippen LogP contribution in [0.1, 0.15) is 67.6 Å². The maximum absolute atomic E-state index is 14.6. The molecule has 4 aromatic carbocycles. The largest absolute Gasteiger partial charge is 0.508 e. The molecule has 17 heteroatoms. The van der Waals surface area contributed by atoms with Gasteiger partial charge in [0, 0.05) is 28.5 Å². The standard InChI is InChI=1S/C48H44Cl2N6O9/c1-23(2)35(55-47(61)62-22-25-12-6-5-7-13-25)43(59)52-31-21-26-18-19-33-29(20-26)48(46(60)63-33,28-15-9-11-17-32(28)57)39-37(54-44(65-39)36(24(3)4)53-42(31)58)45-56-41(50)38(64-45)34-27-14-8-10-16-30(27)51-40(34)49/h5-20,23-24,31,35-36,46,51,57,60H,21-22H2,1-4H3,(H,52,59)(H,53,58)(H,55,61)/t31-,35-,36-,46-,48-/m0/s1. The van der Waals surface area contributed by atoms with Crippen molar-refractivity contribution in [3.63, 3.8) is 0 Å². The number of nitrogens with one attached hydrogen (secondary N) is 4. The highest BCUT2D eigenvalue weighted by molar-refractivity contribution is 6.37. The van der Waals surface area contributed by atoms with Gasteiger partial charge >= 0.3 is 6.09 Å². The summed E-state index contributed by atoms with van der Waals surface area (Å²) < 4.78 is 24.9. The van der Waals surface area contributed by atoms with Crippen LogP contribution in [0.3, 0.4) is 0 Å². The van der Waals surface area contributed by atoms with Crippen LogP contribution in [0.4, 0.5) is 4.79 Å². The van der Waals surface area contributed by atoms with Crippen LogP contribution in [0, 0.1) is 11.8 Å². The smallest absolute Gasteiger partial charge is 0.408 e. The minimum atomic E-state index is -1.84. The van der Waals surface area contributed by atoms with Gasteiger partial charge in [0.05, 0.1) is 5.56 Å². The topological polar surface area (TPSA) is 214 Å². The van der Waals surface area contributed by atoms with Crippen molar-refractivity contribution in [2.24, 2.45) is 11.8 Å². The number of aromatic amines is 1. The number of aliphatic hydroxyl groups is 1. The lowest BCUT2D eigenvalue weighted by molar-refractivity contribution is -0.131. The van der Waals surface area contributed by atoms with Crippen LogP contribution in [0.5, 0.6) is 11.5 Å². The lowest BCUT2D eigenvalue weighted by Gasteiger charge is -2.32.